The van der Waals surface area contributed by atoms with Gasteiger partial charge in [0.25, 0.3) is 0 Å². The molecule has 1 saturated heterocycles. The first-order valence-corrected chi connectivity index (χ1v) is 10.7. The van der Waals surface area contributed by atoms with Crippen LogP contribution in [0.15, 0.2) is 41.8 Å². The van der Waals surface area contributed by atoms with Crippen molar-refractivity contribution in [2.45, 2.75) is 26.2 Å². The van der Waals surface area contributed by atoms with E-state index in [4.69, 9.17) is 0 Å². The van der Waals surface area contributed by atoms with Crippen LogP contribution in [0.25, 0.3) is 11.3 Å². The summed E-state index contributed by atoms with van der Waals surface area (Å²) in [6.07, 6.45) is 5.74. The lowest BCUT2D eigenvalue weighted by molar-refractivity contribution is -0.143. The molecule has 0 bridgehead atoms. The van der Waals surface area contributed by atoms with Gasteiger partial charge in [0.15, 0.2) is 0 Å². The minimum atomic E-state index is -0.298. The fourth-order valence-electron chi connectivity index (χ4n) is 3.91. The summed E-state index contributed by atoms with van der Waals surface area (Å²) >= 11 is 1.63. The van der Waals surface area contributed by atoms with Crippen molar-refractivity contribution in [3.63, 3.8) is 0 Å². The number of likely N-dealkylation sites (tertiary alicyclic amines) is 1. The van der Waals surface area contributed by atoms with Crippen molar-refractivity contribution in [2.75, 3.05) is 13.1 Å². The SMILES string of the molecule is Cc1nc(-c2ccc(CCNC(=O)CN3C(=O)[C@H]4CC=CC[C@H]4C3=O)cc2)cs1. The Bertz CT molecular complexity index is 938. The van der Waals surface area contributed by atoms with Gasteiger partial charge in [0.2, 0.25) is 17.7 Å². The van der Waals surface area contributed by atoms with E-state index in [1.54, 1.807) is 11.3 Å². The van der Waals surface area contributed by atoms with Gasteiger partial charge >= 0.3 is 0 Å². The highest BCUT2D eigenvalue weighted by Crippen LogP contribution is 2.34. The van der Waals surface area contributed by atoms with Crippen LogP contribution >= 0.6 is 11.3 Å². The van der Waals surface area contributed by atoms with Crippen molar-refractivity contribution in [3.8, 4) is 11.3 Å². The van der Waals surface area contributed by atoms with E-state index < -0.39 is 0 Å². The standard InChI is InChI=1S/C22H23N3O3S/c1-14-24-19(13-29-14)16-8-6-15(7-9-16)10-11-23-20(26)12-25-21(27)17-4-2-3-5-18(17)22(25)28/h2-3,6-9,13,17-18H,4-5,10-12H2,1H3,(H,23,26)/t17-,18+. The van der Waals surface area contributed by atoms with Gasteiger partial charge < -0.3 is 5.32 Å². The number of carbonyl (C=O) groups is 3. The van der Waals surface area contributed by atoms with Crippen molar-refractivity contribution in [3.05, 3.63) is 52.4 Å². The van der Waals surface area contributed by atoms with Crippen molar-refractivity contribution in [1.29, 1.82) is 0 Å². The van der Waals surface area contributed by atoms with Crippen LogP contribution in [0.5, 0.6) is 0 Å². The topological polar surface area (TPSA) is 79.4 Å². The number of hydrogen-bond acceptors (Lipinski definition) is 5. The molecule has 1 N–H and O–H groups in total. The number of carbonyl (C=O) groups excluding carboxylic acids is 3. The summed E-state index contributed by atoms with van der Waals surface area (Å²) in [5, 5.41) is 5.90. The number of aromatic nitrogens is 1. The summed E-state index contributed by atoms with van der Waals surface area (Å²) in [5.74, 6) is -1.31. The van der Waals surface area contributed by atoms with Crippen LogP contribution in [-0.2, 0) is 20.8 Å². The Morgan fingerprint density at radius 3 is 2.38 bits per heavy atom. The predicted molar refractivity (Wildman–Crippen MR) is 111 cm³/mol. The number of benzene rings is 1. The fourth-order valence-corrected chi connectivity index (χ4v) is 4.53. The number of thiazole rings is 1. The van der Waals surface area contributed by atoms with E-state index in [1.165, 1.54) is 0 Å². The molecule has 0 radical (unpaired) electrons. The van der Waals surface area contributed by atoms with Gasteiger partial charge in [-0.05, 0) is 31.7 Å². The molecular formula is C22H23N3O3S. The zero-order valence-corrected chi connectivity index (χ0v) is 17.1. The number of aryl methyl sites for hydroxylation is 1. The lowest BCUT2D eigenvalue weighted by Gasteiger charge is -2.14. The first kappa shape index (κ1) is 19.5. The molecule has 2 aliphatic rings. The van der Waals surface area contributed by atoms with Gasteiger partial charge in [0.1, 0.15) is 6.54 Å². The normalized spacial score (nSPS) is 20.8. The van der Waals surface area contributed by atoms with Crippen LogP contribution in [0, 0.1) is 18.8 Å². The second-order valence-corrected chi connectivity index (χ2v) is 8.53. The van der Waals surface area contributed by atoms with E-state index in [2.05, 4.69) is 10.3 Å². The molecule has 1 aliphatic heterocycles. The molecule has 1 aromatic heterocycles. The number of imide groups is 1. The van der Waals surface area contributed by atoms with Crippen LogP contribution < -0.4 is 5.32 Å². The Kier molecular flexibility index (Phi) is 5.58. The third-order valence-electron chi connectivity index (χ3n) is 5.51. The Morgan fingerprint density at radius 1 is 1.14 bits per heavy atom. The molecule has 6 nitrogen and oxygen atoms in total. The summed E-state index contributed by atoms with van der Waals surface area (Å²) < 4.78 is 0. The van der Waals surface area contributed by atoms with Gasteiger partial charge in [-0.25, -0.2) is 4.98 Å². The second kappa shape index (κ2) is 8.29. The molecule has 1 fully saturated rings. The van der Waals surface area contributed by atoms with Crippen LogP contribution in [0.2, 0.25) is 0 Å². The lowest BCUT2D eigenvalue weighted by atomic mass is 9.85. The maximum atomic E-state index is 12.4. The molecule has 3 amide bonds. The summed E-state index contributed by atoms with van der Waals surface area (Å²) in [5.41, 5.74) is 3.15. The van der Waals surface area contributed by atoms with Crippen molar-refractivity contribution >= 4 is 29.1 Å². The van der Waals surface area contributed by atoms with Gasteiger partial charge in [-0.15, -0.1) is 11.3 Å². The van der Waals surface area contributed by atoms with Gasteiger partial charge in [-0.3, -0.25) is 19.3 Å². The molecule has 4 rings (SSSR count). The molecule has 150 valence electrons. The van der Waals surface area contributed by atoms with Gasteiger partial charge in [0.05, 0.1) is 22.5 Å². The number of nitrogens with zero attached hydrogens (tertiary/aromatic N) is 2. The number of amides is 3. The molecule has 7 heteroatoms. The van der Waals surface area contributed by atoms with Crippen LogP contribution in [-0.4, -0.2) is 40.7 Å². The average molecular weight is 410 g/mol. The van der Waals surface area contributed by atoms with Crippen LogP contribution in [0.4, 0.5) is 0 Å². The van der Waals surface area contributed by atoms with E-state index in [9.17, 15) is 14.4 Å². The van der Waals surface area contributed by atoms with Crippen molar-refractivity contribution in [2.24, 2.45) is 11.8 Å². The third-order valence-corrected chi connectivity index (χ3v) is 6.28. The maximum Gasteiger partial charge on any atom is 0.240 e. The van der Waals surface area contributed by atoms with E-state index in [-0.39, 0.29) is 36.1 Å². The molecule has 1 aromatic carbocycles. The summed E-state index contributed by atoms with van der Waals surface area (Å²) in [6, 6.07) is 8.12. The van der Waals surface area contributed by atoms with Gasteiger partial charge in [-0.2, -0.15) is 0 Å². The Balaban J connectivity index is 1.26. The number of nitrogens with one attached hydrogen (secondary N) is 1. The smallest absolute Gasteiger partial charge is 0.240 e. The summed E-state index contributed by atoms with van der Waals surface area (Å²) in [7, 11) is 0. The highest BCUT2D eigenvalue weighted by molar-refractivity contribution is 7.09. The summed E-state index contributed by atoms with van der Waals surface area (Å²) in [4.78, 5) is 42.7. The molecule has 0 unspecified atom stereocenters. The van der Waals surface area contributed by atoms with E-state index in [1.807, 2.05) is 48.7 Å². The molecular weight excluding hydrogens is 386 g/mol. The summed E-state index contributed by atoms with van der Waals surface area (Å²) in [6.45, 7) is 2.25. The molecule has 29 heavy (non-hydrogen) atoms. The van der Waals surface area contributed by atoms with E-state index in [0.717, 1.165) is 26.7 Å². The van der Waals surface area contributed by atoms with Gasteiger partial charge in [-0.1, -0.05) is 36.4 Å². The maximum absolute atomic E-state index is 12.4. The lowest BCUT2D eigenvalue weighted by Crippen LogP contribution is -2.41. The molecule has 2 heterocycles. The minimum absolute atomic E-state index is 0.188. The minimum Gasteiger partial charge on any atom is -0.354 e. The number of allylic oxidation sites excluding steroid dienone is 2. The van der Waals surface area contributed by atoms with E-state index >= 15 is 0 Å². The second-order valence-electron chi connectivity index (χ2n) is 7.47. The quantitative estimate of drug-likeness (QED) is 0.588. The Hall–Kier alpha value is -2.80. The average Bonchev–Trinajstić information content (AvgIpc) is 3.26. The monoisotopic (exact) mass is 409 g/mol. The predicted octanol–water partition coefficient (Wildman–Crippen LogP) is 2.73. The first-order valence-electron chi connectivity index (χ1n) is 9.81. The van der Waals surface area contributed by atoms with Crippen LogP contribution in [0.3, 0.4) is 0 Å². The fraction of sp³-hybridized carbons (Fsp3) is 0.364. The van der Waals surface area contributed by atoms with E-state index in [0.29, 0.717) is 25.8 Å². The number of fused-ring (bicyclic) bond motifs is 1. The molecule has 1 aliphatic carbocycles. The number of rotatable bonds is 6. The molecule has 0 saturated carbocycles. The van der Waals surface area contributed by atoms with Crippen LogP contribution in [0.1, 0.15) is 23.4 Å². The number of hydrogen-bond donors (Lipinski definition) is 1. The third kappa shape index (κ3) is 4.15. The first-order chi connectivity index (χ1) is 14.0. The van der Waals surface area contributed by atoms with Crippen molar-refractivity contribution in [1.82, 2.24) is 15.2 Å². The Morgan fingerprint density at radius 2 is 1.79 bits per heavy atom. The van der Waals surface area contributed by atoms with Gasteiger partial charge in [0, 0.05) is 17.5 Å². The zero-order valence-electron chi connectivity index (χ0n) is 16.3. The largest absolute Gasteiger partial charge is 0.354 e. The molecule has 2 aromatic rings. The molecule has 2 atom stereocenters. The highest BCUT2D eigenvalue weighted by Gasteiger charge is 2.47. The molecule has 0 spiro atoms. The Labute approximate surface area is 173 Å². The zero-order chi connectivity index (χ0) is 20.4. The highest BCUT2D eigenvalue weighted by atomic mass is 32.1. The van der Waals surface area contributed by atoms with Crippen molar-refractivity contribution < 1.29 is 14.4 Å².